The quantitative estimate of drug-likeness (QED) is 0.615. The Kier molecular flexibility index (Phi) is 4.81. The first kappa shape index (κ1) is 13.5. The van der Waals surface area contributed by atoms with Crippen LogP contribution in [0.1, 0.15) is 26.3 Å². The molecule has 5 heteroatoms. The van der Waals surface area contributed by atoms with E-state index in [4.69, 9.17) is 23.2 Å². The van der Waals surface area contributed by atoms with Gasteiger partial charge in [0, 0.05) is 18.7 Å². The van der Waals surface area contributed by atoms with Crippen LogP contribution in [-0.4, -0.2) is 23.1 Å². The van der Waals surface area contributed by atoms with Gasteiger partial charge in [-0.15, -0.1) is 11.6 Å². The van der Waals surface area contributed by atoms with Gasteiger partial charge in [-0.25, -0.2) is 9.97 Å². The number of alkyl halides is 1. The van der Waals surface area contributed by atoms with E-state index in [1.54, 1.807) is 0 Å². The fourth-order valence-electron chi connectivity index (χ4n) is 1.44. The van der Waals surface area contributed by atoms with E-state index in [1.807, 2.05) is 7.05 Å². The Hall–Kier alpha value is -0.540. The summed E-state index contributed by atoms with van der Waals surface area (Å²) in [4.78, 5) is 10.3. The van der Waals surface area contributed by atoms with E-state index in [0.29, 0.717) is 23.0 Å². The molecule has 0 aliphatic heterocycles. The summed E-state index contributed by atoms with van der Waals surface area (Å²) in [7, 11) is 2.00. The molecule has 0 saturated heterocycles. The number of anilines is 1. The van der Waals surface area contributed by atoms with E-state index < -0.39 is 0 Å². The van der Waals surface area contributed by atoms with Gasteiger partial charge in [0.2, 0.25) is 0 Å². The van der Waals surface area contributed by atoms with Gasteiger partial charge in [-0.2, -0.15) is 0 Å². The van der Waals surface area contributed by atoms with Crippen molar-refractivity contribution in [2.24, 2.45) is 5.92 Å². The van der Waals surface area contributed by atoms with E-state index in [-0.39, 0.29) is 0 Å². The Morgan fingerprint density at radius 3 is 2.44 bits per heavy atom. The third-order valence-corrected chi connectivity index (χ3v) is 3.51. The molecular weight excluding hydrogens is 245 g/mol. The van der Waals surface area contributed by atoms with Crippen LogP contribution in [0.5, 0.6) is 0 Å². The van der Waals surface area contributed by atoms with Gasteiger partial charge in [0.05, 0.1) is 5.88 Å². The lowest BCUT2D eigenvalue weighted by atomic mass is 10.1. The van der Waals surface area contributed by atoms with Crippen molar-refractivity contribution in [3.63, 3.8) is 0 Å². The first-order valence-corrected chi connectivity index (χ1v) is 6.18. The van der Waals surface area contributed by atoms with E-state index in [1.165, 1.54) is 6.33 Å². The molecule has 0 radical (unpaired) electrons. The highest BCUT2D eigenvalue weighted by Gasteiger charge is 2.19. The number of hydrogen-bond donors (Lipinski definition) is 0. The summed E-state index contributed by atoms with van der Waals surface area (Å²) in [5, 5.41) is 0.433. The molecule has 1 heterocycles. The van der Waals surface area contributed by atoms with E-state index in [9.17, 15) is 0 Å². The molecule has 0 aliphatic rings. The van der Waals surface area contributed by atoms with Crippen LogP contribution in [0.3, 0.4) is 0 Å². The Balaban J connectivity index is 3.08. The van der Waals surface area contributed by atoms with Gasteiger partial charge in [-0.05, 0) is 12.8 Å². The zero-order chi connectivity index (χ0) is 12.3. The van der Waals surface area contributed by atoms with Crippen molar-refractivity contribution in [2.75, 3.05) is 11.9 Å². The van der Waals surface area contributed by atoms with E-state index in [2.05, 4.69) is 35.6 Å². The van der Waals surface area contributed by atoms with Crippen molar-refractivity contribution < 1.29 is 0 Å². The van der Waals surface area contributed by atoms with Crippen molar-refractivity contribution in [1.29, 1.82) is 0 Å². The molecule has 1 unspecified atom stereocenters. The van der Waals surface area contributed by atoms with Gasteiger partial charge in [-0.1, -0.05) is 25.4 Å². The normalized spacial score (nSPS) is 12.9. The summed E-state index contributed by atoms with van der Waals surface area (Å²) in [6.45, 7) is 6.49. The predicted molar refractivity (Wildman–Crippen MR) is 69.3 cm³/mol. The van der Waals surface area contributed by atoms with Gasteiger partial charge in [0.15, 0.2) is 0 Å². The lowest BCUT2D eigenvalue weighted by Crippen LogP contribution is -2.34. The molecule has 0 fully saturated rings. The molecule has 90 valence electrons. The standard InChI is InChI=1S/C11H17Cl2N3/c1-7(2)8(3)16(4)11-9(5-12)10(13)14-6-15-11/h6-8H,5H2,1-4H3. The molecule has 0 saturated carbocycles. The first-order chi connectivity index (χ1) is 7.49. The molecule has 1 aromatic heterocycles. The SMILES string of the molecule is CC(C)C(C)N(C)c1ncnc(Cl)c1CCl. The highest BCUT2D eigenvalue weighted by Crippen LogP contribution is 2.26. The fraction of sp³-hybridized carbons (Fsp3) is 0.636. The number of aromatic nitrogens is 2. The minimum absolute atomic E-state index is 0.324. The lowest BCUT2D eigenvalue weighted by molar-refractivity contribution is 0.502. The molecular formula is C11H17Cl2N3. The highest BCUT2D eigenvalue weighted by atomic mass is 35.5. The van der Waals surface area contributed by atoms with Gasteiger partial charge < -0.3 is 4.90 Å². The smallest absolute Gasteiger partial charge is 0.138 e. The van der Waals surface area contributed by atoms with Crippen molar-refractivity contribution in [2.45, 2.75) is 32.7 Å². The summed E-state index contributed by atoms with van der Waals surface area (Å²) < 4.78 is 0. The topological polar surface area (TPSA) is 29.0 Å². The summed E-state index contributed by atoms with van der Waals surface area (Å²) in [6, 6.07) is 0.368. The van der Waals surface area contributed by atoms with Crippen LogP contribution in [-0.2, 0) is 5.88 Å². The average molecular weight is 262 g/mol. The number of hydrogen-bond acceptors (Lipinski definition) is 3. The number of halogens is 2. The van der Waals surface area contributed by atoms with Crippen LogP contribution >= 0.6 is 23.2 Å². The van der Waals surface area contributed by atoms with Crippen molar-refractivity contribution in [1.82, 2.24) is 9.97 Å². The molecule has 0 spiro atoms. The second-order valence-corrected chi connectivity index (χ2v) is 4.82. The van der Waals surface area contributed by atoms with Crippen LogP contribution in [0.4, 0.5) is 5.82 Å². The Labute approximate surface area is 107 Å². The maximum absolute atomic E-state index is 6.00. The molecule has 0 amide bonds. The van der Waals surface area contributed by atoms with Crippen LogP contribution in [0, 0.1) is 5.92 Å². The molecule has 0 N–H and O–H groups in total. The zero-order valence-electron chi connectivity index (χ0n) is 10.0. The van der Waals surface area contributed by atoms with E-state index >= 15 is 0 Å². The molecule has 1 aromatic rings. The average Bonchev–Trinajstić information content (AvgIpc) is 2.26. The molecule has 0 aliphatic carbocycles. The van der Waals surface area contributed by atoms with E-state index in [0.717, 1.165) is 11.4 Å². The van der Waals surface area contributed by atoms with Crippen LogP contribution < -0.4 is 4.90 Å². The maximum atomic E-state index is 6.00. The summed E-state index contributed by atoms with van der Waals surface area (Å²) in [5.74, 6) is 1.67. The Morgan fingerprint density at radius 2 is 1.94 bits per heavy atom. The molecule has 0 aromatic carbocycles. The van der Waals surface area contributed by atoms with Gasteiger partial charge in [0.1, 0.15) is 17.3 Å². The van der Waals surface area contributed by atoms with Gasteiger partial charge in [0.25, 0.3) is 0 Å². The third-order valence-electron chi connectivity index (χ3n) is 2.91. The van der Waals surface area contributed by atoms with Crippen molar-refractivity contribution >= 4 is 29.0 Å². The third kappa shape index (κ3) is 2.77. The monoisotopic (exact) mass is 261 g/mol. The lowest BCUT2D eigenvalue weighted by Gasteiger charge is -2.30. The molecule has 16 heavy (non-hydrogen) atoms. The van der Waals surface area contributed by atoms with Crippen molar-refractivity contribution in [3.05, 3.63) is 17.0 Å². The molecule has 3 nitrogen and oxygen atoms in total. The highest BCUT2D eigenvalue weighted by molar-refractivity contribution is 6.31. The largest absolute Gasteiger partial charge is 0.356 e. The second kappa shape index (κ2) is 5.69. The second-order valence-electron chi connectivity index (χ2n) is 4.20. The van der Waals surface area contributed by atoms with Crippen LogP contribution in [0.2, 0.25) is 5.15 Å². The first-order valence-electron chi connectivity index (χ1n) is 5.27. The maximum Gasteiger partial charge on any atom is 0.138 e. The predicted octanol–water partition coefficient (Wildman–Crippen LogP) is 3.35. The Morgan fingerprint density at radius 1 is 1.31 bits per heavy atom. The van der Waals surface area contributed by atoms with Gasteiger partial charge >= 0.3 is 0 Å². The molecule has 0 bridgehead atoms. The summed E-state index contributed by atoms with van der Waals surface area (Å²) >= 11 is 11.9. The van der Waals surface area contributed by atoms with Crippen LogP contribution in [0.25, 0.3) is 0 Å². The Bertz CT molecular complexity index is 355. The number of nitrogens with zero attached hydrogens (tertiary/aromatic N) is 3. The summed E-state index contributed by atoms with van der Waals surface area (Å²) in [6.07, 6.45) is 1.47. The summed E-state index contributed by atoms with van der Waals surface area (Å²) in [5.41, 5.74) is 0.792. The van der Waals surface area contributed by atoms with Gasteiger partial charge in [-0.3, -0.25) is 0 Å². The van der Waals surface area contributed by atoms with Crippen molar-refractivity contribution in [3.8, 4) is 0 Å². The minimum atomic E-state index is 0.324. The molecule has 1 atom stereocenters. The minimum Gasteiger partial charge on any atom is -0.356 e. The van der Waals surface area contributed by atoms with Crippen LogP contribution in [0.15, 0.2) is 6.33 Å². The number of rotatable bonds is 4. The molecule has 1 rings (SSSR count). The fourth-order valence-corrected chi connectivity index (χ4v) is 1.95. The zero-order valence-corrected chi connectivity index (χ0v) is 11.5.